The van der Waals surface area contributed by atoms with Gasteiger partial charge in [-0.1, -0.05) is 65.9 Å². The Morgan fingerprint density at radius 3 is 2.42 bits per heavy atom. The minimum Gasteiger partial charge on any atom is -0.379 e. The molecule has 8 rings (SSSR count). The molecule has 62 heavy (non-hydrogen) atoms. The average Bonchev–Trinajstić information content (AvgIpc) is 3.69. The van der Waals surface area contributed by atoms with E-state index in [9.17, 15) is 26.4 Å². The summed E-state index contributed by atoms with van der Waals surface area (Å²) >= 11 is 3.10. The van der Waals surface area contributed by atoms with Gasteiger partial charge < -0.3 is 9.64 Å². The Bertz CT molecular complexity index is 2780. The van der Waals surface area contributed by atoms with Gasteiger partial charge in [-0.3, -0.25) is 19.8 Å². The van der Waals surface area contributed by atoms with Crippen LogP contribution in [0.25, 0.3) is 10.2 Å². The highest BCUT2D eigenvalue weighted by Crippen LogP contribution is 2.31. The van der Waals surface area contributed by atoms with Crippen LogP contribution in [0.5, 0.6) is 0 Å². The topological polar surface area (TPSA) is 168 Å². The summed E-state index contributed by atoms with van der Waals surface area (Å²) in [4.78, 5) is 41.2. The number of fused-ring (bicyclic) bond motifs is 2. The zero-order valence-corrected chi connectivity index (χ0v) is 37.3. The van der Waals surface area contributed by atoms with E-state index in [0.717, 1.165) is 70.4 Å². The minimum absolute atomic E-state index is 0.0886. The molecular formula is C45H46N6O7S4. The van der Waals surface area contributed by atoms with E-state index in [-0.39, 0.29) is 27.3 Å². The Kier molecular flexibility index (Phi) is 13.4. The largest absolute Gasteiger partial charge is 0.379 e. The first-order valence-electron chi connectivity index (χ1n) is 20.3. The maximum Gasteiger partial charge on any atom is 0.283 e. The Balaban J connectivity index is 0.965. The van der Waals surface area contributed by atoms with E-state index >= 15 is 0 Å². The van der Waals surface area contributed by atoms with Crippen LogP contribution >= 0.6 is 23.1 Å². The third-order valence-corrected chi connectivity index (χ3v) is 15.7. The number of nitrogens with one attached hydrogen (secondary N) is 2. The molecule has 6 aromatic rings. The van der Waals surface area contributed by atoms with Gasteiger partial charge in [0, 0.05) is 48.6 Å². The van der Waals surface area contributed by atoms with Gasteiger partial charge in [-0.15, -0.1) is 11.8 Å². The number of hydrogen-bond acceptors (Lipinski definition) is 13. The number of thiazole rings is 1. The minimum atomic E-state index is -4.52. The molecule has 2 amide bonds. The van der Waals surface area contributed by atoms with Gasteiger partial charge in [-0.05, 0) is 103 Å². The fourth-order valence-corrected chi connectivity index (χ4v) is 11.7. The van der Waals surface area contributed by atoms with Crippen molar-refractivity contribution in [2.75, 3.05) is 61.6 Å². The van der Waals surface area contributed by atoms with Gasteiger partial charge in [-0.2, -0.15) is 0 Å². The van der Waals surface area contributed by atoms with Crippen LogP contribution in [0.3, 0.4) is 0 Å². The zero-order chi connectivity index (χ0) is 43.3. The van der Waals surface area contributed by atoms with E-state index < -0.39 is 25.8 Å². The van der Waals surface area contributed by atoms with Crippen LogP contribution in [-0.2, 0) is 44.0 Å². The number of thioether (sulfide) groups is 1. The summed E-state index contributed by atoms with van der Waals surface area (Å²) in [6, 6.07) is 32.1. The number of sulfone groups is 1. The van der Waals surface area contributed by atoms with E-state index in [2.05, 4.69) is 24.9 Å². The molecule has 2 aromatic heterocycles. The van der Waals surface area contributed by atoms with Crippen molar-refractivity contribution in [3.05, 3.63) is 137 Å². The Labute approximate surface area is 369 Å². The summed E-state index contributed by atoms with van der Waals surface area (Å²) in [7, 11) is -8.39. The van der Waals surface area contributed by atoms with Crippen molar-refractivity contribution in [3.8, 4) is 0 Å². The molecule has 17 heteroatoms. The molecule has 322 valence electrons. The molecule has 2 aliphatic rings. The quantitative estimate of drug-likeness (QED) is 0.105. The molecule has 0 radical (unpaired) electrons. The smallest absolute Gasteiger partial charge is 0.283 e. The van der Waals surface area contributed by atoms with E-state index in [4.69, 9.17) is 4.74 Å². The number of carbonyl (C=O) groups excluding carboxylic acids is 2. The van der Waals surface area contributed by atoms with Crippen LogP contribution in [-0.4, -0.2) is 94.9 Å². The van der Waals surface area contributed by atoms with Crippen molar-refractivity contribution in [2.45, 2.75) is 40.5 Å². The first-order valence-corrected chi connectivity index (χ1v) is 25.4. The van der Waals surface area contributed by atoms with Crippen LogP contribution in [0.4, 0.5) is 10.9 Å². The molecule has 0 spiro atoms. The summed E-state index contributed by atoms with van der Waals surface area (Å²) in [5.74, 6) is 0.00801. The van der Waals surface area contributed by atoms with Gasteiger partial charge in [0.15, 0.2) is 15.0 Å². The van der Waals surface area contributed by atoms with Gasteiger partial charge >= 0.3 is 0 Å². The number of rotatable bonds is 15. The maximum atomic E-state index is 13.7. The number of hydrogen-bond donors (Lipinski definition) is 2. The number of benzene rings is 4. The third-order valence-electron chi connectivity index (χ3n) is 11.0. The molecule has 1 atom stereocenters. The number of nitrogens with zero attached hydrogens (tertiary/aromatic N) is 4. The van der Waals surface area contributed by atoms with Crippen molar-refractivity contribution in [2.24, 2.45) is 5.92 Å². The molecule has 4 aromatic carbocycles. The molecule has 0 unspecified atom stereocenters. The molecule has 13 nitrogen and oxygen atoms in total. The highest BCUT2D eigenvalue weighted by Gasteiger charge is 2.27. The second-order valence-electron chi connectivity index (χ2n) is 15.3. The van der Waals surface area contributed by atoms with Crippen LogP contribution in [0.2, 0.25) is 0 Å². The first kappa shape index (κ1) is 43.5. The lowest BCUT2D eigenvalue weighted by atomic mass is 9.94. The SMILES string of the molecule is CS(=O)(=O)c1cc(S(=O)(=O)NC(=O)c2cccc(N3CCc4cccc(C(=O)Nc5nc6ccccc6s5)c4C3)n2)ccc1C[C@H](CCN1CCOCC1)CSc1ccccc1. The van der Waals surface area contributed by atoms with Crippen molar-refractivity contribution in [3.63, 3.8) is 0 Å². The first-order chi connectivity index (χ1) is 29.9. The number of sulfonamides is 1. The zero-order valence-electron chi connectivity index (χ0n) is 34.0. The van der Waals surface area contributed by atoms with Crippen molar-refractivity contribution in [1.82, 2.24) is 19.6 Å². The molecule has 0 aliphatic carbocycles. The van der Waals surface area contributed by atoms with Crippen LogP contribution in [0, 0.1) is 5.92 Å². The normalized spacial score (nSPS) is 15.2. The lowest BCUT2D eigenvalue weighted by Gasteiger charge is -2.31. The predicted molar refractivity (Wildman–Crippen MR) is 243 cm³/mol. The average molecular weight is 911 g/mol. The van der Waals surface area contributed by atoms with Crippen molar-refractivity contribution >= 4 is 75.9 Å². The monoisotopic (exact) mass is 910 g/mol. The number of para-hydroxylation sites is 1. The van der Waals surface area contributed by atoms with E-state index in [1.807, 2.05) is 71.6 Å². The summed E-state index contributed by atoms with van der Waals surface area (Å²) in [5, 5.41) is 3.44. The Morgan fingerprint density at radius 1 is 0.855 bits per heavy atom. The van der Waals surface area contributed by atoms with Gasteiger partial charge in [-0.25, -0.2) is 31.5 Å². The van der Waals surface area contributed by atoms with Crippen molar-refractivity contribution < 1.29 is 31.2 Å². The fourth-order valence-electron chi connectivity index (χ4n) is 7.73. The van der Waals surface area contributed by atoms with Crippen LogP contribution < -0.4 is 14.9 Å². The van der Waals surface area contributed by atoms with Crippen LogP contribution in [0.1, 0.15) is 44.0 Å². The third kappa shape index (κ3) is 10.5. The van der Waals surface area contributed by atoms with Gasteiger partial charge in [0.2, 0.25) is 0 Å². The standard InChI is InChI=1S/C45H46N6O7S4/c1-61(54,55)41-28-35(18-17-33(41)27-31(19-21-50-23-25-58-26-24-50)30-59-34-10-3-2-4-11-34)62(56,57)49-44(53)39-14-8-16-42(46-39)51-22-20-32-9-7-12-36(37(32)29-51)43(52)48-45-47-38-13-5-6-15-40(38)60-45/h2-18,28,31H,19-27,29-30H2,1H3,(H,49,53)(H,47,48,52)/t31-/m0/s1. The fraction of sp³-hybridized carbons (Fsp3) is 0.289. The lowest BCUT2D eigenvalue weighted by molar-refractivity contribution is 0.0357. The number of anilines is 2. The second-order valence-corrected chi connectivity index (χ2v) is 21.1. The summed E-state index contributed by atoms with van der Waals surface area (Å²) < 4.78 is 62.5. The van der Waals surface area contributed by atoms with Crippen molar-refractivity contribution in [1.29, 1.82) is 0 Å². The van der Waals surface area contributed by atoms with Gasteiger partial charge in [0.1, 0.15) is 11.5 Å². The number of aromatic nitrogens is 2. The molecule has 2 N–H and O–H groups in total. The van der Waals surface area contributed by atoms with Gasteiger partial charge in [0.25, 0.3) is 21.8 Å². The van der Waals surface area contributed by atoms with Crippen LogP contribution in [0.15, 0.2) is 124 Å². The molecular weight excluding hydrogens is 865 g/mol. The maximum absolute atomic E-state index is 13.7. The Hall–Kier alpha value is -5.17. The van der Waals surface area contributed by atoms with Gasteiger partial charge in [0.05, 0.1) is 33.2 Å². The molecule has 1 saturated heterocycles. The molecule has 0 bridgehead atoms. The lowest BCUT2D eigenvalue weighted by Crippen LogP contribution is -2.37. The highest BCUT2D eigenvalue weighted by atomic mass is 32.2. The van der Waals surface area contributed by atoms with E-state index in [0.29, 0.717) is 61.2 Å². The second kappa shape index (κ2) is 19.1. The summed E-state index contributed by atoms with van der Waals surface area (Å²) in [6.45, 7) is 4.75. The number of morpholine rings is 1. The number of ether oxygens (including phenoxy) is 1. The van der Waals surface area contributed by atoms with E-state index in [1.54, 1.807) is 36.0 Å². The molecule has 0 saturated carbocycles. The number of amides is 2. The summed E-state index contributed by atoms with van der Waals surface area (Å²) in [5.41, 5.74) is 3.52. The molecule has 1 fully saturated rings. The number of pyridine rings is 1. The van der Waals surface area contributed by atoms with E-state index in [1.165, 1.54) is 23.5 Å². The molecule has 4 heterocycles. The predicted octanol–water partition coefficient (Wildman–Crippen LogP) is 6.70. The Morgan fingerprint density at radius 2 is 1.63 bits per heavy atom. The highest BCUT2D eigenvalue weighted by molar-refractivity contribution is 7.99. The number of carbonyl (C=O) groups is 2. The summed E-state index contributed by atoms with van der Waals surface area (Å²) in [6.07, 6.45) is 2.92. The molecule has 2 aliphatic heterocycles.